The fraction of sp³-hybridized carbons (Fsp3) is 0.417. The molecule has 19 heavy (non-hydrogen) atoms. The first kappa shape index (κ1) is 15.3. The second kappa shape index (κ2) is 7.01. The number of rotatable bonds is 7. The van der Waals surface area contributed by atoms with Gasteiger partial charge in [0.25, 0.3) is 5.91 Å². The second-order valence-electron chi connectivity index (χ2n) is 3.87. The van der Waals surface area contributed by atoms with Crippen LogP contribution in [0.1, 0.15) is 27.0 Å². The van der Waals surface area contributed by atoms with E-state index in [2.05, 4.69) is 0 Å². The van der Waals surface area contributed by atoms with Crippen LogP contribution in [0.5, 0.6) is 0 Å². The standard InChI is InChI=1S/C12H15NO5S/c1-8(14)9-5-10(19-7-9)12(17)13(3-4-18-2)6-11(15)16/h5,7H,3-4,6H2,1-2H3,(H,15,16). The fourth-order valence-electron chi connectivity index (χ4n) is 1.41. The van der Waals surface area contributed by atoms with E-state index in [0.717, 1.165) is 11.3 Å². The van der Waals surface area contributed by atoms with Crippen LogP contribution in [0, 0.1) is 0 Å². The Bertz CT molecular complexity index is 482. The lowest BCUT2D eigenvalue weighted by atomic mass is 10.2. The quantitative estimate of drug-likeness (QED) is 0.759. The number of thiophene rings is 1. The van der Waals surface area contributed by atoms with Crippen molar-refractivity contribution in [3.8, 4) is 0 Å². The molecule has 0 fully saturated rings. The Hall–Kier alpha value is -1.73. The number of aliphatic carboxylic acids is 1. The molecule has 0 aliphatic carbocycles. The van der Waals surface area contributed by atoms with E-state index < -0.39 is 18.4 Å². The van der Waals surface area contributed by atoms with Gasteiger partial charge in [-0.05, 0) is 13.0 Å². The van der Waals surface area contributed by atoms with Gasteiger partial charge in [-0.2, -0.15) is 0 Å². The number of nitrogens with zero attached hydrogens (tertiary/aromatic N) is 1. The van der Waals surface area contributed by atoms with Crippen LogP contribution in [0.3, 0.4) is 0 Å². The van der Waals surface area contributed by atoms with Crippen LogP contribution in [0.4, 0.5) is 0 Å². The summed E-state index contributed by atoms with van der Waals surface area (Å²) in [4.78, 5) is 35.6. The predicted octanol–water partition coefficient (Wildman–Crippen LogP) is 1.12. The Morgan fingerprint density at radius 1 is 1.42 bits per heavy atom. The molecular formula is C12H15NO5S. The van der Waals surface area contributed by atoms with Crippen LogP contribution in [-0.4, -0.2) is 54.5 Å². The van der Waals surface area contributed by atoms with Crippen molar-refractivity contribution in [2.75, 3.05) is 26.8 Å². The van der Waals surface area contributed by atoms with Crippen molar-refractivity contribution in [2.45, 2.75) is 6.92 Å². The van der Waals surface area contributed by atoms with E-state index >= 15 is 0 Å². The van der Waals surface area contributed by atoms with Gasteiger partial charge in [-0.1, -0.05) is 0 Å². The lowest BCUT2D eigenvalue weighted by Crippen LogP contribution is -2.37. The van der Waals surface area contributed by atoms with Crippen molar-refractivity contribution in [2.24, 2.45) is 0 Å². The maximum absolute atomic E-state index is 12.1. The minimum Gasteiger partial charge on any atom is -0.480 e. The molecule has 0 unspecified atom stereocenters. The normalized spacial score (nSPS) is 10.2. The lowest BCUT2D eigenvalue weighted by Gasteiger charge is -2.19. The summed E-state index contributed by atoms with van der Waals surface area (Å²) in [6, 6.07) is 1.48. The number of methoxy groups -OCH3 is 1. The molecule has 0 bridgehead atoms. The van der Waals surface area contributed by atoms with Crippen LogP contribution >= 0.6 is 11.3 Å². The van der Waals surface area contributed by atoms with Gasteiger partial charge in [0.1, 0.15) is 6.54 Å². The summed E-state index contributed by atoms with van der Waals surface area (Å²) in [7, 11) is 1.47. The average molecular weight is 285 g/mol. The number of carboxylic acids is 1. The molecule has 0 spiro atoms. The van der Waals surface area contributed by atoms with Crippen LogP contribution in [0.25, 0.3) is 0 Å². The molecule has 0 aliphatic heterocycles. The zero-order valence-corrected chi connectivity index (χ0v) is 11.5. The van der Waals surface area contributed by atoms with Gasteiger partial charge in [-0.25, -0.2) is 0 Å². The monoisotopic (exact) mass is 285 g/mol. The summed E-state index contributed by atoms with van der Waals surface area (Å²) in [5, 5.41) is 10.4. The number of Topliss-reactive ketones (excluding diaryl/α,β-unsaturated/α-hetero) is 1. The molecule has 1 aromatic rings. The van der Waals surface area contributed by atoms with E-state index in [0.29, 0.717) is 10.4 Å². The topological polar surface area (TPSA) is 83.9 Å². The third-order valence-corrected chi connectivity index (χ3v) is 3.31. The Morgan fingerprint density at radius 3 is 2.58 bits per heavy atom. The Balaban J connectivity index is 2.84. The van der Waals surface area contributed by atoms with E-state index in [4.69, 9.17) is 9.84 Å². The molecule has 1 N–H and O–H groups in total. The van der Waals surface area contributed by atoms with Gasteiger partial charge in [-0.3, -0.25) is 14.4 Å². The largest absolute Gasteiger partial charge is 0.480 e. The molecule has 0 aliphatic rings. The molecule has 0 aromatic carbocycles. The number of carbonyl (C=O) groups is 3. The van der Waals surface area contributed by atoms with Crippen molar-refractivity contribution in [1.29, 1.82) is 0 Å². The van der Waals surface area contributed by atoms with Gasteiger partial charge in [0.05, 0.1) is 11.5 Å². The SMILES string of the molecule is COCCN(CC(=O)O)C(=O)c1cc(C(C)=O)cs1. The van der Waals surface area contributed by atoms with E-state index in [9.17, 15) is 14.4 Å². The number of hydrogen-bond donors (Lipinski definition) is 1. The van der Waals surface area contributed by atoms with Gasteiger partial charge < -0.3 is 14.7 Å². The summed E-state index contributed by atoms with van der Waals surface area (Å²) in [5.74, 6) is -1.62. The number of carboxylic acid groups (broad SMARTS) is 1. The summed E-state index contributed by atoms with van der Waals surface area (Å²) in [6.07, 6.45) is 0. The van der Waals surface area contributed by atoms with E-state index in [1.54, 1.807) is 5.38 Å². The highest BCUT2D eigenvalue weighted by atomic mass is 32.1. The number of ketones is 1. The van der Waals surface area contributed by atoms with Crippen LogP contribution in [0.2, 0.25) is 0 Å². The molecule has 7 heteroatoms. The first-order valence-corrected chi connectivity index (χ1v) is 6.43. The average Bonchev–Trinajstić information content (AvgIpc) is 2.82. The summed E-state index contributed by atoms with van der Waals surface area (Å²) < 4.78 is 4.85. The van der Waals surface area contributed by atoms with Gasteiger partial charge in [0.2, 0.25) is 0 Å². The van der Waals surface area contributed by atoms with Crippen molar-refractivity contribution < 1.29 is 24.2 Å². The zero-order chi connectivity index (χ0) is 14.4. The van der Waals surface area contributed by atoms with Crippen molar-refractivity contribution in [3.63, 3.8) is 0 Å². The van der Waals surface area contributed by atoms with Crippen LogP contribution < -0.4 is 0 Å². The first-order valence-electron chi connectivity index (χ1n) is 5.55. The Kier molecular flexibility index (Phi) is 5.65. The molecule has 0 saturated heterocycles. The van der Waals surface area contributed by atoms with Crippen molar-refractivity contribution in [1.82, 2.24) is 4.90 Å². The number of amides is 1. The number of carbonyl (C=O) groups excluding carboxylic acids is 2. The lowest BCUT2D eigenvalue weighted by molar-refractivity contribution is -0.137. The van der Waals surface area contributed by atoms with Gasteiger partial charge in [-0.15, -0.1) is 11.3 Å². The Morgan fingerprint density at radius 2 is 2.11 bits per heavy atom. The minimum atomic E-state index is -1.09. The number of ether oxygens (including phenoxy) is 1. The molecule has 0 radical (unpaired) electrons. The smallest absolute Gasteiger partial charge is 0.323 e. The Labute approximate surface area is 114 Å². The highest BCUT2D eigenvalue weighted by molar-refractivity contribution is 7.12. The van der Waals surface area contributed by atoms with Crippen LogP contribution in [-0.2, 0) is 9.53 Å². The zero-order valence-electron chi connectivity index (χ0n) is 10.7. The third kappa shape index (κ3) is 4.46. The molecule has 1 heterocycles. The van der Waals surface area contributed by atoms with Crippen molar-refractivity contribution >= 4 is 29.0 Å². The summed E-state index contributed by atoms with van der Waals surface area (Å²) in [6.45, 7) is 1.46. The molecule has 1 rings (SSSR count). The molecule has 1 aromatic heterocycles. The maximum atomic E-state index is 12.1. The van der Waals surface area contributed by atoms with Crippen molar-refractivity contribution in [3.05, 3.63) is 21.9 Å². The molecule has 104 valence electrons. The van der Waals surface area contributed by atoms with Crippen LogP contribution in [0.15, 0.2) is 11.4 Å². The minimum absolute atomic E-state index is 0.128. The van der Waals surface area contributed by atoms with E-state index in [1.807, 2.05) is 0 Å². The first-order chi connectivity index (χ1) is 8.95. The molecule has 0 atom stereocenters. The maximum Gasteiger partial charge on any atom is 0.323 e. The predicted molar refractivity (Wildman–Crippen MR) is 69.7 cm³/mol. The number of hydrogen-bond acceptors (Lipinski definition) is 5. The fourth-order valence-corrected chi connectivity index (χ4v) is 2.32. The van der Waals surface area contributed by atoms with Gasteiger partial charge in [0.15, 0.2) is 5.78 Å². The van der Waals surface area contributed by atoms with E-state index in [-0.39, 0.29) is 18.9 Å². The highest BCUT2D eigenvalue weighted by Crippen LogP contribution is 2.17. The third-order valence-electron chi connectivity index (χ3n) is 2.40. The molecular weight excluding hydrogens is 270 g/mol. The second-order valence-corrected chi connectivity index (χ2v) is 4.78. The van der Waals surface area contributed by atoms with E-state index in [1.165, 1.54) is 25.0 Å². The summed E-state index contributed by atoms with van der Waals surface area (Å²) in [5.41, 5.74) is 0.454. The van der Waals surface area contributed by atoms with Gasteiger partial charge >= 0.3 is 5.97 Å². The molecule has 6 nitrogen and oxygen atoms in total. The summed E-state index contributed by atoms with van der Waals surface area (Å²) >= 11 is 1.13. The molecule has 1 amide bonds. The van der Waals surface area contributed by atoms with Gasteiger partial charge in [0, 0.05) is 24.6 Å². The highest BCUT2D eigenvalue weighted by Gasteiger charge is 2.20. The molecule has 0 saturated carbocycles.